The summed E-state index contributed by atoms with van der Waals surface area (Å²) < 4.78 is 5.29. The predicted molar refractivity (Wildman–Crippen MR) is 104 cm³/mol. The van der Waals surface area contributed by atoms with Crippen molar-refractivity contribution in [2.75, 3.05) is 7.05 Å². The first-order valence-electron chi connectivity index (χ1n) is 7.23. The van der Waals surface area contributed by atoms with Gasteiger partial charge in [-0.25, -0.2) is 0 Å². The van der Waals surface area contributed by atoms with E-state index >= 15 is 0 Å². The molecule has 5 nitrogen and oxygen atoms in total. The maximum atomic E-state index is 6.13. The zero-order valence-corrected chi connectivity index (χ0v) is 16.6. The Morgan fingerprint density at radius 2 is 1.96 bits per heavy atom. The highest BCUT2D eigenvalue weighted by Crippen LogP contribution is 2.15. The Bertz CT molecular complexity index is 643. The fourth-order valence-electron chi connectivity index (χ4n) is 1.90. The highest BCUT2D eigenvalue weighted by atomic mass is 127. The number of aliphatic imine (C=N–C) groups is 1. The van der Waals surface area contributed by atoms with Crippen LogP contribution >= 0.6 is 35.6 Å². The molecule has 0 aliphatic carbocycles. The molecule has 0 fully saturated rings. The molecule has 2 aromatic rings. The third-order valence-corrected chi connectivity index (χ3v) is 3.60. The van der Waals surface area contributed by atoms with Crippen LogP contribution in [0.5, 0.6) is 0 Å². The first-order chi connectivity index (χ1) is 10.6. The molecule has 0 atom stereocenters. The molecule has 0 unspecified atom stereocenters. The number of benzene rings is 1. The van der Waals surface area contributed by atoms with E-state index in [9.17, 15) is 0 Å². The molecular formula is C16H22ClIN4O. The minimum absolute atomic E-state index is 0. The Hall–Kier alpha value is -1.28. The van der Waals surface area contributed by atoms with Gasteiger partial charge in [0.2, 0.25) is 0 Å². The van der Waals surface area contributed by atoms with E-state index in [-0.39, 0.29) is 24.0 Å². The molecule has 2 rings (SSSR count). The fraction of sp³-hybridized carbons (Fsp3) is 0.375. The van der Waals surface area contributed by atoms with Crippen LogP contribution in [-0.2, 0) is 13.1 Å². The third kappa shape index (κ3) is 6.02. The maximum absolute atomic E-state index is 6.13. The van der Waals surface area contributed by atoms with E-state index in [1.54, 1.807) is 7.05 Å². The Kier molecular flexibility index (Phi) is 8.40. The van der Waals surface area contributed by atoms with E-state index in [2.05, 4.69) is 34.6 Å². The molecule has 0 saturated carbocycles. The van der Waals surface area contributed by atoms with Crippen molar-refractivity contribution in [2.24, 2.45) is 4.99 Å². The highest BCUT2D eigenvalue weighted by Gasteiger charge is 2.08. The summed E-state index contributed by atoms with van der Waals surface area (Å²) in [5, 5.41) is 11.2. The molecular weight excluding hydrogens is 427 g/mol. The molecule has 0 aliphatic heterocycles. The second-order valence-electron chi connectivity index (χ2n) is 5.24. The van der Waals surface area contributed by atoms with Gasteiger partial charge in [0.1, 0.15) is 0 Å². The van der Waals surface area contributed by atoms with Crippen LogP contribution in [-0.4, -0.2) is 18.2 Å². The van der Waals surface area contributed by atoms with Crippen LogP contribution in [0.15, 0.2) is 39.8 Å². The monoisotopic (exact) mass is 448 g/mol. The van der Waals surface area contributed by atoms with Crippen LogP contribution in [0.2, 0.25) is 5.02 Å². The lowest BCUT2D eigenvalue weighted by atomic mass is 10.1. The van der Waals surface area contributed by atoms with Gasteiger partial charge in [0.15, 0.2) is 11.7 Å². The molecule has 0 radical (unpaired) electrons. The largest absolute Gasteiger partial charge is 0.359 e. The maximum Gasteiger partial charge on any atom is 0.191 e. The molecule has 2 N–H and O–H groups in total. The summed E-state index contributed by atoms with van der Waals surface area (Å²) in [4.78, 5) is 4.18. The topological polar surface area (TPSA) is 62.5 Å². The molecule has 1 aromatic heterocycles. The van der Waals surface area contributed by atoms with Gasteiger partial charge in [-0.2, -0.15) is 0 Å². The number of aromatic nitrogens is 1. The molecule has 0 saturated heterocycles. The van der Waals surface area contributed by atoms with Gasteiger partial charge in [-0.15, -0.1) is 24.0 Å². The third-order valence-electron chi connectivity index (χ3n) is 3.23. The summed E-state index contributed by atoms with van der Waals surface area (Å²) >= 11 is 6.13. The molecule has 0 amide bonds. The Morgan fingerprint density at radius 3 is 2.57 bits per heavy atom. The van der Waals surface area contributed by atoms with Gasteiger partial charge in [-0.05, 0) is 17.5 Å². The summed E-state index contributed by atoms with van der Waals surface area (Å²) in [6.07, 6.45) is 0. The molecule has 0 spiro atoms. The Balaban J connectivity index is 0.00000264. The standard InChI is InChI=1S/C16H21ClN4O.HI/c1-11(2)15-8-13(22-21-15)10-20-16(18-3)19-9-12-6-4-5-7-14(12)17;/h4-8,11H,9-10H2,1-3H3,(H2,18,19,20);1H. The van der Waals surface area contributed by atoms with Gasteiger partial charge >= 0.3 is 0 Å². The molecule has 1 heterocycles. The number of halogens is 2. The lowest BCUT2D eigenvalue weighted by Crippen LogP contribution is -2.36. The van der Waals surface area contributed by atoms with E-state index in [1.807, 2.05) is 30.3 Å². The van der Waals surface area contributed by atoms with Gasteiger partial charge in [-0.3, -0.25) is 4.99 Å². The zero-order valence-electron chi connectivity index (χ0n) is 13.5. The first-order valence-corrected chi connectivity index (χ1v) is 7.61. The quantitative estimate of drug-likeness (QED) is 0.413. The predicted octanol–water partition coefficient (Wildman–Crippen LogP) is 3.93. The van der Waals surface area contributed by atoms with Gasteiger partial charge < -0.3 is 15.2 Å². The van der Waals surface area contributed by atoms with E-state index in [1.165, 1.54) is 0 Å². The van der Waals surface area contributed by atoms with E-state index in [0.717, 1.165) is 22.0 Å². The molecule has 0 aliphatic rings. The van der Waals surface area contributed by atoms with E-state index in [4.69, 9.17) is 16.1 Å². The number of guanidine groups is 1. The van der Waals surface area contributed by atoms with Crippen LogP contribution < -0.4 is 10.6 Å². The minimum atomic E-state index is 0. The van der Waals surface area contributed by atoms with Gasteiger partial charge in [-0.1, -0.05) is 48.8 Å². The smallest absolute Gasteiger partial charge is 0.191 e. The average Bonchev–Trinajstić information content (AvgIpc) is 2.98. The van der Waals surface area contributed by atoms with Crippen LogP contribution in [0, 0.1) is 0 Å². The highest BCUT2D eigenvalue weighted by molar-refractivity contribution is 14.0. The fourth-order valence-corrected chi connectivity index (χ4v) is 2.10. The zero-order chi connectivity index (χ0) is 15.9. The van der Waals surface area contributed by atoms with Crippen molar-refractivity contribution < 1.29 is 4.52 Å². The van der Waals surface area contributed by atoms with Crippen molar-refractivity contribution in [2.45, 2.75) is 32.9 Å². The first kappa shape index (κ1) is 19.8. The van der Waals surface area contributed by atoms with Crippen molar-refractivity contribution in [3.05, 3.63) is 52.4 Å². The number of nitrogens with one attached hydrogen (secondary N) is 2. The number of rotatable bonds is 5. The normalized spacial score (nSPS) is 11.3. The summed E-state index contributed by atoms with van der Waals surface area (Å²) in [5.41, 5.74) is 1.98. The van der Waals surface area contributed by atoms with Gasteiger partial charge in [0.25, 0.3) is 0 Å². The SMILES string of the molecule is CN=C(NCc1cc(C(C)C)no1)NCc1ccccc1Cl.I. The van der Waals surface area contributed by atoms with Crippen LogP contribution in [0.3, 0.4) is 0 Å². The molecule has 126 valence electrons. The molecule has 23 heavy (non-hydrogen) atoms. The van der Waals surface area contributed by atoms with Crippen molar-refractivity contribution >= 4 is 41.5 Å². The lowest BCUT2D eigenvalue weighted by Gasteiger charge is -2.11. The van der Waals surface area contributed by atoms with Crippen molar-refractivity contribution in [1.82, 2.24) is 15.8 Å². The molecule has 7 heteroatoms. The van der Waals surface area contributed by atoms with Gasteiger partial charge in [0, 0.05) is 24.7 Å². The van der Waals surface area contributed by atoms with Crippen molar-refractivity contribution in [1.29, 1.82) is 0 Å². The van der Waals surface area contributed by atoms with Gasteiger partial charge in [0.05, 0.1) is 12.2 Å². The summed E-state index contributed by atoms with van der Waals surface area (Å²) in [6, 6.07) is 9.68. The summed E-state index contributed by atoms with van der Waals surface area (Å²) in [6.45, 7) is 5.30. The Morgan fingerprint density at radius 1 is 1.26 bits per heavy atom. The van der Waals surface area contributed by atoms with Crippen molar-refractivity contribution in [3.8, 4) is 0 Å². The van der Waals surface area contributed by atoms with E-state index < -0.39 is 0 Å². The number of hydrogen-bond donors (Lipinski definition) is 2. The van der Waals surface area contributed by atoms with Crippen LogP contribution in [0.25, 0.3) is 0 Å². The minimum Gasteiger partial charge on any atom is -0.359 e. The lowest BCUT2D eigenvalue weighted by molar-refractivity contribution is 0.372. The average molecular weight is 449 g/mol. The molecule has 0 bridgehead atoms. The van der Waals surface area contributed by atoms with E-state index in [0.29, 0.717) is 25.0 Å². The summed E-state index contributed by atoms with van der Waals surface area (Å²) in [7, 11) is 1.72. The molecule has 1 aromatic carbocycles. The Labute approximate surface area is 158 Å². The summed E-state index contributed by atoms with van der Waals surface area (Å²) in [5.74, 6) is 1.82. The van der Waals surface area contributed by atoms with Crippen LogP contribution in [0.1, 0.15) is 36.8 Å². The number of hydrogen-bond acceptors (Lipinski definition) is 3. The van der Waals surface area contributed by atoms with Crippen LogP contribution in [0.4, 0.5) is 0 Å². The number of nitrogens with zero attached hydrogens (tertiary/aromatic N) is 2. The second-order valence-corrected chi connectivity index (χ2v) is 5.65. The second kappa shape index (κ2) is 9.77. The van der Waals surface area contributed by atoms with Crippen molar-refractivity contribution in [3.63, 3.8) is 0 Å².